The van der Waals surface area contributed by atoms with Gasteiger partial charge in [-0.3, -0.25) is 19.5 Å². The molecule has 0 fully saturated rings. The maximum atomic E-state index is 14.1. The predicted molar refractivity (Wildman–Crippen MR) is 102 cm³/mol. The van der Waals surface area contributed by atoms with Crippen molar-refractivity contribution in [2.45, 2.75) is 13.2 Å². The first-order valence-corrected chi connectivity index (χ1v) is 8.50. The van der Waals surface area contributed by atoms with Gasteiger partial charge in [0.25, 0.3) is 5.56 Å². The van der Waals surface area contributed by atoms with E-state index >= 15 is 0 Å². The molecule has 2 aromatic carbocycles. The molecular weight excluding hydrogens is 381 g/mol. The van der Waals surface area contributed by atoms with E-state index in [-0.39, 0.29) is 23.7 Å². The molecule has 9 heteroatoms. The third kappa shape index (κ3) is 4.83. The monoisotopic (exact) mass is 397 g/mol. The number of rotatable bonds is 6. The summed E-state index contributed by atoms with van der Waals surface area (Å²) in [4.78, 5) is 39.9. The molecule has 0 aliphatic carbocycles. The van der Waals surface area contributed by atoms with Crippen molar-refractivity contribution in [2.75, 3.05) is 5.32 Å². The van der Waals surface area contributed by atoms with Crippen molar-refractivity contribution in [1.82, 2.24) is 9.55 Å². The van der Waals surface area contributed by atoms with Crippen molar-refractivity contribution in [1.29, 1.82) is 0 Å². The van der Waals surface area contributed by atoms with Gasteiger partial charge in [0, 0.05) is 0 Å². The Labute approximate surface area is 164 Å². The van der Waals surface area contributed by atoms with Crippen molar-refractivity contribution >= 4 is 17.7 Å². The van der Waals surface area contributed by atoms with E-state index in [1.54, 1.807) is 24.3 Å². The van der Waals surface area contributed by atoms with Crippen LogP contribution < -0.4 is 10.9 Å². The number of nitrogens with one attached hydrogen (secondary N) is 1. The van der Waals surface area contributed by atoms with Crippen LogP contribution in [0.3, 0.4) is 0 Å². The van der Waals surface area contributed by atoms with Crippen LogP contribution in [0, 0.1) is 5.82 Å². The number of hydrogen-bond donors (Lipinski definition) is 2. The van der Waals surface area contributed by atoms with Crippen LogP contribution in [-0.2, 0) is 22.7 Å². The van der Waals surface area contributed by atoms with Crippen molar-refractivity contribution in [3.63, 3.8) is 0 Å². The maximum absolute atomic E-state index is 14.1. The van der Waals surface area contributed by atoms with Crippen LogP contribution in [0.1, 0.15) is 5.56 Å². The van der Waals surface area contributed by atoms with E-state index in [0.717, 1.165) is 16.3 Å². The molecule has 1 heterocycles. The van der Waals surface area contributed by atoms with Gasteiger partial charge in [-0.2, -0.15) is 0 Å². The second-order valence-corrected chi connectivity index (χ2v) is 5.95. The lowest BCUT2D eigenvalue weighted by atomic mass is 10.2. The first kappa shape index (κ1) is 19.7. The Morgan fingerprint density at radius 1 is 1.10 bits per heavy atom. The lowest BCUT2D eigenvalue weighted by molar-refractivity contribution is -0.137. The molecule has 2 N–H and O–H groups in total. The number of nitrogens with zero attached hydrogens (tertiary/aromatic N) is 2. The van der Waals surface area contributed by atoms with E-state index in [1.807, 2.05) is 6.07 Å². The number of ether oxygens (including phenoxy) is 1. The SMILES string of the molecule is O=C(O)Cn1c(-c2ccccc2F)ncc(NC(=O)OCc2ccccc2)c1=O. The molecule has 29 heavy (non-hydrogen) atoms. The highest BCUT2D eigenvalue weighted by Crippen LogP contribution is 2.20. The lowest BCUT2D eigenvalue weighted by Crippen LogP contribution is -2.30. The molecule has 1 amide bonds. The van der Waals surface area contributed by atoms with E-state index in [2.05, 4.69) is 10.3 Å². The number of anilines is 1. The highest BCUT2D eigenvalue weighted by Gasteiger charge is 2.18. The average molecular weight is 397 g/mol. The molecule has 0 spiro atoms. The zero-order valence-corrected chi connectivity index (χ0v) is 15.0. The van der Waals surface area contributed by atoms with Gasteiger partial charge in [-0.15, -0.1) is 0 Å². The molecule has 0 aliphatic rings. The Balaban J connectivity index is 1.86. The zero-order valence-electron chi connectivity index (χ0n) is 15.0. The Bertz CT molecular complexity index is 1100. The summed E-state index contributed by atoms with van der Waals surface area (Å²) in [6.45, 7) is -0.777. The lowest BCUT2D eigenvalue weighted by Gasteiger charge is -2.13. The van der Waals surface area contributed by atoms with Crippen LogP contribution in [0.25, 0.3) is 11.4 Å². The molecule has 0 atom stereocenters. The van der Waals surface area contributed by atoms with Crippen LogP contribution >= 0.6 is 0 Å². The van der Waals surface area contributed by atoms with E-state index < -0.39 is 30.0 Å². The summed E-state index contributed by atoms with van der Waals surface area (Å²) in [6.07, 6.45) is 0.125. The highest BCUT2D eigenvalue weighted by molar-refractivity contribution is 5.84. The van der Waals surface area contributed by atoms with E-state index in [0.29, 0.717) is 0 Å². The summed E-state index contributed by atoms with van der Waals surface area (Å²) < 4.78 is 19.9. The Hall–Kier alpha value is -4.01. The second kappa shape index (κ2) is 8.79. The molecule has 0 saturated heterocycles. The summed E-state index contributed by atoms with van der Waals surface area (Å²) in [6, 6.07) is 14.4. The Kier molecular flexibility index (Phi) is 5.98. The number of halogens is 1. The van der Waals surface area contributed by atoms with Gasteiger partial charge in [0.1, 0.15) is 30.5 Å². The molecule has 0 saturated carbocycles. The number of hydrogen-bond acceptors (Lipinski definition) is 5. The van der Waals surface area contributed by atoms with Crippen molar-refractivity contribution in [3.05, 3.63) is 82.5 Å². The Morgan fingerprint density at radius 2 is 1.79 bits per heavy atom. The fourth-order valence-corrected chi connectivity index (χ4v) is 2.59. The fraction of sp³-hybridized carbons (Fsp3) is 0.100. The highest BCUT2D eigenvalue weighted by atomic mass is 19.1. The van der Waals surface area contributed by atoms with Crippen LogP contribution in [0.2, 0.25) is 0 Å². The van der Waals surface area contributed by atoms with Crippen molar-refractivity contribution < 1.29 is 23.8 Å². The number of carboxylic acid groups (broad SMARTS) is 1. The number of carbonyl (C=O) groups excluding carboxylic acids is 1. The van der Waals surface area contributed by atoms with Crippen molar-refractivity contribution in [3.8, 4) is 11.4 Å². The summed E-state index contributed by atoms with van der Waals surface area (Å²) in [5.74, 6) is -2.16. The molecule has 8 nitrogen and oxygen atoms in total. The molecule has 148 valence electrons. The molecule has 0 radical (unpaired) electrons. The predicted octanol–water partition coefficient (Wildman–Crippen LogP) is 2.88. The Morgan fingerprint density at radius 3 is 2.48 bits per heavy atom. The number of carboxylic acids is 1. The van der Waals surface area contributed by atoms with Gasteiger partial charge < -0.3 is 9.84 Å². The fourth-order valence-electron chi connectivity index (χ4n) is 2.59. The summed E-state index contributed by atoms with van der Waals surface area (Å²) in [7, 11) is 0. The number of aliphatic carboxylic acids is 1. The van der Waals surface area contributed by atoms with Gasteiger partial charge in [0.2, 0.25) is 0 Å². The van der Waals surface area contributed by atoms with E-state index in [1.165, 1.54) is 24.3 Å². The number of benzene rings is 2. The molecule has 0 unspecified atom stereocenters. The second-order valence-electron chi connectivity index (χ2n) is 5.95. The quantitative estimate of drug-likeness (QED) is 0.662. The minimum absolute atomic E-state index is 0.0171. The normalized spacial score (nSPS) is 10.4. The van der Waals surface area contributed by atoms with Gasteiger partial charge in [0.15, 0.2) is 0 Å². The van der Waals surface area contributed by atoms with Gasteiger partial charge in [-0.1, -0.05) is 42.5 Å². The van der Waals surface area contributed by atoms with Crippen molar-refractivity contribution in [2.24, 2.45) is 0 Å². The first-order chi connectivity index (χ1) is 14.0. The standard InChI is InChI=1S/C20H16FN3O5/c21-15-9-5-4-8-14(15)18-22-10-16(19(27)24(18)11-17(25)26)23-20(28)29-12-13-6-2-1-3-7-13/h1-10H,11-12H2,(H,23,28)(H,25,26). The average Bonchev–Trinajstić information content (AvgIpc) is 2.71. The summed E-state index contributed by atoms with van der Waals surface area (Å²) in [5, 5.41) is 11.4. The van der Waals surface area contributed by atoms with Gasteiger partial charge in [-0.05, 0) is 17.7 Å². The number of carbonyl (C=O) groups is 2. The van der Waals surface area contributed by atoms with Crippen LogP contribution in [0.5, 0.6) is 0 Å². The minimum atomic E-state index is -1.32. The van der Waals surface area contributed by atoms with Crippen LogP contribution in [-0.4, -0.2) is 26.7 Å². The van der Waals surface area contributed by atoms with Crippen LogP contribution in [0.4, 0.5) is 14.9 Å². The van der Waals surface area contributed by atoms with Gasteiger partial charge in [0.05, 0.1) is 11.8 Å². The third-order valence-corrected chi connectivity index (χ3v) is 3.90. The summed E-state index contributed by atoms with van der Waals surface area (Å²) >= 11 is 0. The molecule has 3 aromatic rings. The first-order valence-electron chi connectivity index (χ1n) is 8.50. The van der Waals surface area contributed by atoms with E-state index in [9.17, 15) is 18.8 Å². The molecule has 1 aromatic heterocycles. The summed E-state index contributed by atoms with van der Waals surface area (Å²) in [5.41, 5.74) is -0.426. The van der Waals surface area contributed by atoms with Gasteiger partial charge in [-0.25, -0.2) is 14.2 Å². The van der Waals surface area contributed by atoms with Crippen LogP contribution in [0.15, 0.2) is 65.6 Å². The maximum Gasteiger partial charge on any atom is 0.412 e. The molecular formula is C20H16FN3O5. The zero-order chi connectivity index (χ0) is 20.8. The van der Waals surface area contributed by atoms with E-state index in [4.69, 9.17) is 9.84 Å². The third-order valence-electron chi connectivity index (χ3n) is 3.90. The molecule has 3 rings (SSSR count). The number of aromatic nitrogens is 2. The minimum Gasteiger partial charge on any atom is -0.480 e. The molecule has 0 bridgehead atoms. The number of amides is 1. The smallest absolute Gasteiger partial charge is 0.412 e. The topological polar surface area (TPSA) is 111 Å². The van der Waals surface area contributed by atoms with Gasteiger partial charge >= 0.3 is 12.1 Å². The largest absolute Gasteiger partial charge is 0.480 e. The molecule has 0 aliphatic heterocycles.